The fourth-order valence-corrected chi connectivity index (χ4v) is 2.47. The van der Waals surface area contributed by atoms with Crippen LogP contribution in [0.25, 0.3) is 0 Å². The third-order valence-corrected chi connectivity index (χ3v) is 3.69. The van der Waals surface area contributed by atoms with Crippen molar-refractivity contribution in [2.75, 3.05) is 20.6 Å². The summed E-state index contributed by atoms with van der Waals surface area (Å²) >= 11 is 5.80. The molecule has 1 aliphatic rings. The Labute approximate surface area is 121 Å². The highest BCUT2D eigenvalue weighted by Crippen LogP contribution is 2.25. The molecule has 0 bridgehead atoms. The molecule has 0 spiro atoms. The number of likely N-dealkylation sites (N-methyl/N-ethyl adjacent to an activating group) is 1. The van der Waals surface area contributed by atoms with Gasteiger partial charge in [0.2, 0.25) is 5.91 Å². The van der Waals surface area contributed by atoms with E-state index < -0.39 is 17.8 Å². The molecule has 1 aromatic heterocycles. The maximum Gasteiger partial charge on any atom is 0.257 e. The molecule has 1 aliphatic heterocycles. The normalized spacial score (nSPS) is 18.2. The van der Waals surface area contributed by atoms with Crippen LogP contribution in [0.2, 0.25) is 5.02 Å². The van der Waals surface area contributed by atoms with E-state index in [1.54, 1.807) is 14.1 Å². The number of pyridine rings is 1. The number of carbonyl (C=O) groups is 2. The number of amides is 2. The van der Waals surface area contributed by atoms with Crippen molar-refractivity contribution in [3.63, 3.8) is 0 Å². The molecule has 1 atom stereocenters. The minimum Gasteiger partial charge on any atom is -0.347 e. The van der Waals surface area contributed by atoms with E-state index in [1.807, 2.05) is 0 Å². The standard InChI is InChI=1S/C13H15ClFN3O2/c1-17(2)13(20)10-4-3-5-18(10)12(19)8-6-16-7-9(15)11(8)14/h6-7,10H,3-5H2,1-2H3. The van der Waals surface area contributed by atoms with E-state index in [4.69, 9.17) is 11.6 Å². The average molecular weight is 300 g/mol. The number of carbonyl (C=O) groups excluding carboxylic acids is 2. The van der Waals surface area contributed by atoms with Crippen LogP contribution >= 0.6 is 11.6 Å². The zero-order valence-electron chi connectivity index (χ0n) is 11.3. The molecule has 1 unspecified atom stereocenters. The second-order valence-corrected chi connectivity index (χ2v) is 5.25. The van der Waals surface area contributed by atoms with Gasteiger partial charge in [-0.05, 0) is 12.8 Å². The van der Waals surface area contributed by atoms with Gasteiger partial charge in [0.1, 0.15) is 6.04 Å². The van der Waals surface area contributed by atoms with Crippen molar-refractivity contribution in [1.29, 1.82) is 0 Å². The maximum atomic E-state index is 13.4. The first kappa shape index (κ1) is 14.7. The monoisotopic (exact) mass is 299 g/mol. The molecule has 2 amide bonds. The van der Waals surface area contributed by atoms with Crippen molar-refractivity contribution in [3.8, 4) is 0 Å². The number of halogens is 2. The predicted octanol–water partition coefficient (Wildman–Crippen LogP) is 1.57. The molecule has 7 heteroatoms. The topological polar surface area (TPSA) is 53.5 Å². The summed E-state index contributed by atoms with van der Waals surface area (Å²) in [6.45, 7) is 0.454. The molecule has 0 aliphatic carbocycles. The van der Waals surface area contributed by atoms with Crippen molar-refractivity contribution in [2.24, 2.45) is 0 Å². The number of likely N-dealkylation sites (tertiary alicyclic amines) is 1. The van der Waals surface area contributed by atoms with Gasteiger partial charge in [-0.2, -0.15) is 0 Å². The van der Waals surface area contributed by atoms with Gasteiger partial charge in [-0.3, -0.25) is 14.6 Å². The van der Waals surface area contributed by atoms with Gasteiger partial charge in [0.25, 0.3) is 5.91 Å². The highest BCUT2D eigenvalue weighted by molar-refractivity contribution is 6.34. The highest BCUT2D eigenvalue weighted by Gasteiger charge is 2.36. The molecular formula is C13H15ClFN3O2. The molecule has 0 saturated carbocycles. The Hall–Kier alpha value is -1.69. The quantitative estimate of drug-likeness (QED) is 0.833. The summed E-state index contributed by atoms with van der Waals surface area (Å²) in [5, 5.41) is -0.257. The van der Waals surface area contributed by atoms with E-state index in [9.17, 15) is 14.0 Å². The van der Waals surface area contributed by atoms with Crippen LogP contribution in [0, 0.1) is 5.82 Å². The van der Waals surface area contributed by atoms with E-state index in [0.717, 1.165) is 12.6 Å². The Morgan fingerprint density at radius 1 is 1.45 bits per heavy atom. The molecule has 1 aromatic rings. The average Bonchev–Trinajstić information content (AvgIpc) is 2.89. The SMILES string of the molecule is CN(C)C(=O)C1CCCN1C(=O)c1cncc(F)c1Cl. The van der Waals surface area contributed by atoms with Crippen LogP contribution < -0.4 is 0 Å². The lowest BCUT2D eigenvalue weighted by Gasteiger charge is -2.26. The van der Waals surface area contributed by atoms with Crippen LogP contribution in [0.4, 0.5) is 4.39 Å². The molecule has 108 valence electrons. The molecule has 20 heavy (non-hydrogen) atoms. The van der Waals surface area contributed by atoms with Gasteiger partial charge in [0, 0.05) is 26.8 Å². The summed E-state index contributed by atoms with van der Waals surface area (Å²) in [7, 11) is 3.28. The minimum atomic E-state index is -0.743. The molecule has 2 heterocycles. The van der Waals surface area contributed by atoms with E-state index in [1.165, 1.54) is 16.0 Å². The molecule has 0 N–H and O–H groups in total. The summed E-state index contributed by atoms with van der Waals surface area (Å²) in [5.41, 5.74) is -0.00915. The molecule has 1 saturated heterocycles. The Morgan fingerprint density at radius 3 is 2.80 bits per heavy atom. The van der Waals surface area contributed by atoms with Gasteiger partial charge in [-0.15, -0.1) is 0 Å². The number of hydrogen-bond donors (Lipinski definition) is 0. The zero-order chi connectivity index (χ0) is 14.9. The van der Waals surface area contributed by atoms with Crippen molar-refractivity contribution >= 4 is 23.4 Å². The van der Waals surface area contributed by atoms with Gasteiger partial charge < -0.3 is 9.80 Å². The van der Waals surface area contributed by atoms with Crippen molar-refractivity contribution < 1.29 is 14.0 Å². The number of rotatable bonds is 2. The van der Waals surface area contributed by atoms with E-state index in [-0.39, 0.29) is 16.5 Å². The first-order chi connectivity index (χ1) is 9.43. The lowest BCUT2D eigenvalue weighted by Crippen LogP contribution is -2.45. The third kappa shape index (κ3) is 2.60. The third-order valence-electron chi connectivity index (χ3n) is 3.31. The van der Waals surface area contributed by atoms with Crippen molar-refractivity contribution in [2.45, 2.75) is 18.9 Å². The largest absolute Gasteiger partial charge is 0.347 e. The fraction of sp³-hybridized carbons (Fsp3) is 0.462. The highest BCUT2D eigenvalue weighted by atomic mass is 35.5. The number of nitrogens with zero attached hydrogens (tertiary/aromatic N) is 3. The lowest BCUT2D eigenvalue weighted by atomic mass is 10.1. The van der Waals surface area contributed by atoms with E-state index >= 15 is 0 Å². The smallest absolute Gasteiger partial charge is 0.257 e. The summed E-state index contributed by atoms with van der Waals surface area (Å²) in [6, 6.07) is -0.517. The molecule has 0 radical (unpaired) electrons. The van der Waals surface area contributed by atoms with Crippen LogP contribution in [0.5, 0.6) is 0 Å². The Morgan fingerprint density at radius 2 is 2.15 bits per heavy atom. The summed E-state index contributed by atoms with van der Waals surface area (Å²) in [5.74, 6) is -1.34. The second kappa shape index (κ2) is 5.75. The minimum absolute atomic E-state index is 0.00915. The van der Waals surface area contributed by atoms with Crippen LogP contribution in [-0.2, 0) is 4.79 Å². The van der Waals surface area contributed by atoms with Crippen molar-refractivity contribution in [1.82, 2.24) is 14.8 Å². The Balaban J connectivity index is 2.28. The van der Waals surface area contributed by atoms with Crippen molar-refractivity contribution in [3.05, 3.63) is 28.8 Å². The number of aromatic nitrogens is 1. The first-order valence-electron chi connectivity index (χ1n) is 6.24. The van der Waals surface area contributed by atoms with Gasteiger partial charge in [-0.25, -0.2) is 4.39 Å². The molecule has 2 rings (SSSR count). The van der Waals surface area contributed by atoms with Gasteiger partial charge in [0.15, 0.2) is 5.82 Å². The van der Waals surface area contributed by atoms with Crippen LogP contribution in [0.3, 0.4) is 0 Å². The van der Waals surface area contributed by atoms with Gasteiger partial charge in [-0.1, -0.05) is 11.6 Å². The summed E-state index contributed by atoms with van der Waals surface area (Å²) < 4.78 is 13.4. The Kier molecular flexibility index (Phi) is 4.23. The van der Waals surface area contributed by atoms with Crippen LogP contribution in [-0.4, -0.2) is 53.3 Å². The van der Waals surface area contributed by atoms with Crippen LogP contribution in [0.1, 0.15) is 23.2 Å². The molecule has 5 nitrogen and oxygen atoms in total. The Bertz CT molecular complexity index is 550. The summed E-state index contributed by atoms with van der Waals surface area (Å²) in [6.07, 6.45) is 3.51. The number of hydrogen-bond acceptors (Lipinski definition) is 3. The summed E-state index contributed by atoms with van der Waals surface area (Å²) in [4.78, 5) is 31.0. The molecule has 1 fully saturated rings. The zero-order valence-corrected chi connectivity index (χ0v) is 12.0. The first-order valence-corrected chi connectivity index (χ1v) is 6.62. The fourth-order valence-electron chi connectivity index (χ4n) is 2.29. The van der Waals surface area contributed by atoms with E-state index in [2.05, 4.69) is 4.98 Å². The molecule has 0 aromatic carbocycles. The lowest BCUT2D eigenvalue weighted by molar-refractivity contribution is -0.132. The van der Waals surface area contributed by atoms with Gasteiger partial charge in [0.05, 0.1) is 16.8 Å². The van der Waals surface area contributed by atoms with Crippen LogP contribution in [0.15, 0.2) is 12.4 Å². The maximum absolute atomic E-state index is 13.4. The van der Waals surface area contributed by atoms with E-state index in [0.29, 0.717) is 13.0 Å². The predicted molar refractivity (Wildman–Crippen MR) is 72.0 cm³/mol. The molecular weight excluding hydrogens is 285 g/mol. The van der Waals surface area contributed by atoms with Gasteiger partial charge >= 0.3 is 0 Å². The second-order valence-electron chi connectivity index (χ2n) is 4.87.